The molecule has 0 N–H and O–H groups in total. The van der Waals surface area contributed by atoms with Gasteiger partial charge in [0.25, 0.3) is 0 Å². The Bertz CT molecular complexity index is 771. The molecule has 27 heavy (non-hydrogen) atoms. The molecule has 0 radical (unpaired) electrons. The lowest BCUT2D eigenvalue weighted by atomic mass is 10.0. The number of nitrogens with zero attached hydrogens (tertiary/aromatic N) is 1. The number of halogens is 2. The van der Waals surface area contributed by atoms with Crippen molar-refractivity contribution in [1.82, 2.24) is 4.90 Å². The molecule has 0 saturated carbocycles. The summed E-state index contributed by atoms with van der Waals surface area (Å²) in [5, 5.41) is 1.46. The zero-order valence-electron chi connectivity index (χ0n) is 14.7. The standard InChI is InChI=1S/C20H19Cl2NO3S/c1-13(24)27-12-20-10-25-18(14-2-6-16(21)7-3-14)23(20)19(26-11-20)15-4-8-17(22)9-5-15/h2-9,18-19H,10-12H2,1H3/t18-,19+,20?. The van der Waals surface area contributed by atoms with Crippen molar-refractivity contribution in [3.63, 3.8) is 0 Å². The Morgan fingerprint density at radius 3 is 1.85 bits per heavy atom. The van der Waals surface area contributed by atoms with E-state index in [0.717, 1.165) is 11.1 Å². The van der Waals surface area contributed by atoms with Crippen LogP contribution in [0.3, 0.4) is 0 Å². The number of benzene rings is 2. The molecule has 2 fully saturated rings. The van der Waals surface area contributed by atoms with Gasteiger partial charge in [-0.15, -0.1) is 0 Å². The van der Waals surface area contributed by atoms with Gasteiger partial charge in [-0.25, -0.2) is 4.90 Å². The van der Waals surface area contributed by atoms with E-state index in [1.807, 2.05) is 48.5 Å². The van der Waals surface area contributed by atoms with Crippen LogP contribution >= 0.6 is 35.0 Å². The molecule has 7 heteroatoms. The number of thioether (sulfide) groups is 1. The molecule has 2 aliphatic rings. The smallest absolute Gasteiger partial charge is 0.185 e. The van der Waals surface area contributed by atoms with Gasteiger partial charge in [0.15, 0.2) is 5.12 Å². The maximum Gasteiger partial charge on any atom is 0.185 e. The summed E-state index contributed by atoms with van der Waals surface area (Å²) in [5.74, 6) is 0.622. The van der Waals surface area contributed by atoms with Crippen LogP contribution in [0.25, 0.3) is 0 Å². The van der Waals surface area contributed by atoms with Crippen molar-refractivity contribution < 1.29 is 14.3 Å². The molecule has 1 unspecified atom stereocenters. The molecule has 0 spiro atoms. The first-order valence-electron chi connectivity index (χ1n) is 8.64. The number of rotatable bonds is 4. The minimum atomic E-state index is -0.356. The van der Waals surface area contributed by atoms with Crippen molar-refractivity contribution in [2.75, 3.05) is 19.0 Å². The quantitative estimate of drug-likeness (QED) is 0.685. The normalized spacial score (nSPS) is 27.7. The Morgan fingerprint density at radius 1 is 1.00 bits per heavy atom. The first-order chi connectivity index (χ1) is 13.0. The van der Waals surface area contributed by atoms with E-state index in [-0.39, 0.29) is 23.1 Å². The summed E-state index contributed by atoms with van der Waals surface area (Å²) >= 11 is 13.4. The zero-order valence-corrected chi connectivity index (χ0v) is 17.1. The summed E-state index contributed by atoms with van der Waals surface area (Å²) in [6, 6.07) is 15.3. The highest BCUT2D eigenvalue weighted by atomic mass is 35.5. The molecule has 2 saturated heterocycles. The monoisotopic (exact) mass is 423 g/mol. The van der Waals surface area contributed by atoms with Crippen LogP contribution < -0.4 is 0 Å². The largest absolute Gasteiger partial charge is 0.357 e. The van der Waals surface area contributed by atoms with E-state index in [9.17, 15) is 4.79 Å². The third-order valence-electron chi connectivity index (χ3n) is 4.93. The van der Waals surface area contributed by atoms with Crippen molar-refractivity contribution >= 4 is 40.1 Å². The summed E-state index contributed by atoms with van der Waals surface area (Å²) in [5.41, 5.74) is 1.67. The summed E-state index contributed by atoms with van der Waals surface area (Å²) in [6.45, 7) is 2.60. The number of carbonyl (C=O) groups is 1. The lowest BCUT2D eigenvalue weighted by Gasteiger charge is -2.34. The second-order valence-electron chi connectivity index (χ2n) is 6.84. The molecular weight excluding hydrogens is 405 g/mol. The highest BCUT2D eigenvalue weighted by Gasteiger charge is 2.56. The first-order valence-corrected chi connectivity index (χ1v) is 10.4. The molecule has 142 valence electrons. The van der Waals surface area contributed by atoms with Crippen molar-refractivity contribution in [2.24, 2.45) is 0 Å². The second-order valence-corrected chi connectivity index (χ2v) is 8.87. The molecular formula is C20H19Cl2NO3S. The molecule has 2 aromatic carbocycles. The highest BCUT2D eigenvalue weighted by molar-refractivity contribution is 8.13. The molecule has 4 nitrogen and oxygen atoms in total. The van der Waals surface area contributed by atoms with Crippen molar-refractivity contribution in [3.8, 4) is 0 Å². The van der Waals surface area contributed by atoms with Crippen LogP contribution in [0.5, 0.6) is 0 Å². The zero-order chi connectivity index (χ0) is 19.0. The van der Waals surface area contributed by atoms with E-state index in [4.69, 9.17) is 32.7 Å². The van der Waals surface area contributed by atoms with Gasteiger partial charge in [0, 0.05) is 22.7 Å². The van der Waals surface area contributed by atoms with Crippen LogP contribution in [0.15, 0.2) is 48.5 Å². The number of carbonyl (C=O) groups excluding carboxylic acids is 1. The Balaban J connectivity index is 1.70. The SMILES string of the molecule is CC(=O)SCC12CO[C@H](c3ccc(Cl)cc3)N1[C@H](c1ccc(Cl)cc1)OC2. The number of hydrogen-bond acceptors (Lipinski definition) is 5. The Morgan fingerprint density at radius 2 is 1.44 bits per heavy atom. The topological polar surface area (TPSA) is 38.8 Å². The predicted molar refractivity (Wildman–Crippen MR) is 108 cm³/mol. The Kier molecular flexibility index (Phi) is 5.52. The van der Waals surface area contributed by atoms with Crippen LogP contribution in [0, 0.1) is 0 Å². The molecule has 0 amide bonds. The van der Waals surface area contributed by atoms with Crippen molar-refractivity contribution in [3.05, 3.63) is 69.7 Å². The fraction of sp³-hybridized carbons (Fsp3) is 0.350. The van der Waals surface area contributed by atoms with E-state index in [1.165, 1.54) is 11.8 Å². The number of fused-ring (bicyclic) bond motifs is 1. The molecule has 2 aliphatic heterocycles. The lowest BCUT2D eigenvalue weighted by Crippen LogP contribution is -2.47. The Labute approximate surface area is 172 Å². The molecule has 4 rings (SSSR count). The third kappa shape index (κ3) is 3.77. The van der Waals surface area contributed by atoms with E-state index in [1.54, 1.807) is 6.92 Å². The summed E-state index contributed by atoms with van der Waals surface area (Å²) < 4.78 is 12.4. The molecule has 0 bridgehead atoms. The average molecular weight is 424 g/mol. The van der Waals surface area contributed by atoms with Gasteiger partial charge in [0.2, 0.25) is 0 Å². The first kappa shape index (κ1) is 19.2. The highest BCUT2D eigenvalue weighted by Crippen LogP contribution is 2.50. The van der Waals surface area contributed by atoms with Gasteiger partial charge < -0.3 is 9.47 Å². The molecule has 3 atom stereocenters. The summed E-state index contributed by atoms with van der Waals surface area (Å²) in [6.07, 6.45) is -0.531. The van der Waals surface area contributed by atoms with Gasteiger partial charge >= 0.3 is 0 Å². The van der Waals surface area contributed by atoms with Gasteiger partial charge in [-0.05, 0) is 35.4 Å². The molecule has 0 aliphatic carbocycles. The van der Waals surface area contributed by atoms with Crippen LogP contribution in [0.1, 0.15) is 30.5 Å². The maximum absolute atomic E-state index is 11.6. The van der Waals surface area contributed by atoms with Crippen LogP contribution in [0.4, 0.5) is 0 Å². The van der Waals surface area contributed by atoms with Crippen LogP contribution in [-0.4, -0.2) is 34.5 Å². The van der Waals surface area contributed by atoms with Gasteiger partial charge in [-0.1, -0.05) is 59.2 Å². The minimum Gasteiger partial charge on any atom is -0.357 e. The lowest BCUT2D eigenvalue weighted by molar-refractivity contribution is -0.109. The van der Waals surface area contributed by atoms with E-state index in [2.05, 4.69) is 4.90 Å². The van der Waals surface area contributed by atoms with Gasteiger partial charge in [0.1, 0.15) is 12.5 Å². The summed E-state index contributed by atoms with van der Waals surface area (Å²) in [4.78, 5) is 13.8. The van der Waals surface area contributed by atoms with Gasteiger partial charge in [0.05, 0.1) is 18.8 Å². The van der Waals surface area contributed by atoms with Crippen molar-refractivity contribution in [2.45, 2.75) is 24.9 Å². The second kappa shape index (κ2) is 7.74. The molecule has 2 aromatic rings. The van der Waals surface area contributed by atoms with E-state index < -0.39 is 0 Å². The fourth-order valence-corrected chi connectivity index (χ4v) is 4.64. The van der Waals surface area contributed by atoms with Crippen LogP contribution in [0.2, 0.25) is 10.0 Å². The minimum absolute atomic E-state index is 0.0919. The molecule has 0 aromatic heterocycles. The molecule has 2 heterocycles. The maximum atomic E-state index is 11.6. The van der Waals surface area contributed by atoms with Crippen LogP contribution in [-0.2, 0) is 14.3 Å². The average Bonchev–Trinajstić information content (AvgIpc) is 3.19. The van der Waals surface area contributed by atoms with E-state index in [0.29, 0.717) is 29.0 Å². The third-order valence-corrected chi connectivity index (χ3v) is 6.52. The predicted octanol–water partition coefficient (Wildman–Crippen LogP) is 5.07. The fourth-order valence-electron chi connectivity index (χ4n) is 3.60. The Hall–Kier alpha value is -1.08. The van der Waals surface area contributed by atoms with Crippen molar-refractivity contribution in [1.29, 1.82) is 0 Å². The van der Waals surface area contributed by atoms with E-state index >= 15 is 0 Å². The van der Waals surface area contributed by atoms with Gasteiger partial charge in [-0.2, -0.15) is 0 Å². The van der Waals surface area contributed by atoms with Gasteiger partial charge in [-0.3, -0.25) is 4.79 Å². The summed E-state index contributed by atoms with van der Waals surface area (Å²) in [7, 11) is 0. The number of ether oxygens (including phenoxy) is 2. The number of hydrogen-bond donors (Lipinski definition) is 0.